The van der Waals surface area contributed by atoms with Crippen molar-refractivity contribution in [3.05, 3.63) is 0 Å². The van der Waals surface area contributed by atoms with Gasteiger partial charge in [-0.15, -0.1) is 0 Å². The fourth-order valence-electron chi connectivity index (χ4n) is 3.62. The number of hydrogen-bond donors (Lipinski definition) is 1. The van der Waals surface area contributed by atoms with Crippen molar-refractivity contribution >= 4 is 0 Å². The molecule has 2 nitrogen and oxygen atoms in total. The average Bonchev–Trinajstić information content (AvgIpc) is 2.86. The zero-order valence-electron chi connectivity index (χ0n) is 10.1. The zero-order chi connectivity index (χ0) is 11.9. The summed E-state index contributed by atoms with van der Waals surface area (Å²) >= 11 is 0. The first-order valence-electron chi connectivity index (χ1n) is 6.89. The second-order valence-corrected chi connectivity index (χ2v) is 5.94. The van der Waals surface area contributed by atoms with Crippen LogP contribution in [0.25, 0.3) is 0 Å². The third-order valence-corrected chi connectivity index (χ3v) is 4.52. The average molecular weight is 245 g/mol. The van der Waals surface area contributed by atoms with Crippen LogP contribution in [0, 0.1) is 5.92 Å². The summed E-state index contributed by atoms with van der Waals surface area (Å²) in [5.74, 6) is -2.27. The molecule has 0 aromatic carbocycles. The topological polar surface area (TPSA) is 21.3 Å². The molecule has 4 atom stereocenters. The van der Waals surface area contributed by atoms with E-state index in [1.165, 1.54) is 6.42 Å². The van der Waals surface area contributed by atoms with Crippen molar-refractivity contribution in [2.45, 2.75) is 69.1 Å². The van der Waals surface area contributed by atoms with Gasteiger partial charge in [-0.25, -0.2) is 8.78 Å². The van der Waals surface area contributed by atoms with Crippen molar-refractivity contribution in [1.82, 2.24) is 5.32 Å². The largest absolute Gasteiger partial charge is 0.373 e. The van der Waals surface area contributed by atoms with Gasteiger partial charge in [-0.3, -0.25) is 0 Å². The molecule has 0 spiro atoms. The summed E-state index contributed by atoms with van der Waals surface area (Å²) in [6.45, 7) is 0.743. The van der Waals surface area contributed by atoms with E-state index >= 15 is 0 Å². The molecule has 4 unspecified atom stereocenters. The Balaban J connectivity index is 1.45. The van der Waals surface area contributed by atoms with E-state index in [0.717, 1.165) is 25.8 Å². The van der Waals surface area contributed by atoms with Crippen LogP contribution in [-0.2, 0) is 4.74 Å². The van der Waals surface area contributed by atoms with Gasteiger partial charge in [0.25, 0.3) is 0 Å². The maximum absolute atomic E-state index is 13.3. The van der Waals surface area contributed by atoms with E-state index in [9.17, 15) is 8.78 Å². The molecule has 4 heteroatoms. The zero-order valence-corrected chi connectivity index (χ0v) is 10.1. The Bertz CT molecular complexity index is 285. The highest BCUT2D eigenvalue weighted by molar-refractivity contribution is 4.94. The van der Waals surface area contributed by atoms with Crippen molar-refractivity contribution in [3.8, 4) is 0 Å². The summed E-state index contributed by atoms with van der Waals surface area (Å²) < 4.78 is 32.3. The van der Waals surface area contributed by atoms with E-state index in [2.05, 4.69) is 5.32 Å². The molecule has 0 aromatic rings. The predicted octanol–water partition coefficient (Wildman–Crippen LogP) is 2.72. The van der Waals surface area contributed by atoms with Gasteiger partial charge < -0.3 is 10.1 Å². The third kappa shape index (κ3) is 2.63. The molecule has 2 aliphatic heterocycles. The number of ether oxygens (including phenoxy) is 1. The summed E-state index contributed by atoms with van der Waals surface area (Å²) in [6.07, 6.45) is 5.97. The molecule has 1 saturated carbocycles. The van der Waals surface area contributed by atoms with Gasteiger partial charge in [-0.1, -0.05) is 0 Å². The Labute approximate surface area is 101 Å². The molecular formula is C13H21F2NO. The fourth-order valence-corrected chi connectivity index (χ4v) is 3.62. The number of halogens is 2. The van der Waals surface area contributed by atoms with Crippen LogP contribution in [0.5, 0.6) is 0 Å². The molecule has 1 aliphatic carbocycles. The second kappa shape index (κ2) is 4.47. The quantitative estimate of drug-likeness (QED) is 0.825. The molecule has 98 valence electrons. The van der Waals surface area contributed by atoms with Crippen LogP contribution in [-0.4, -0.2) is 30.7 Å². The molecule has 0 radical (unpaired) electrons. The summed E-state index contributed by atoms with van der Waals surface area (Å²) in [5, 5.41) is 3.46. The van der Waals surface area contributed by atoms with E-state index in [0.29, 0.717) is 24.7 Å². The Morgan fingerprint density at radius 1 is 1.24 bits per heavy atom. The van der Waals surface area contributed by atoms with Gasteiger partial charge in [-0.05, 0) is 44.6 Å². The van der Waals surface area contributed by atoms with E-state index in [-0.39, 0.29) is 18.8 Å². The van der Waals surface area contributed by atoms with Crippen LogP contribution in [0.4, 0.5) is 8.78 Å². The normalized spacial score (nSPS) is 44.1. The molecule has 0 aromatic heterocycles. The number of fused-ring (bicyclic) bond motifs is 2. The van der Waals surface area contributed by atoms with Gasteiger partial charge in [0.2, 0.25) is 5.92 Å². The predicted molar refractivity (Wildman–Crippen MR) is 61.2 cm³/mol. The van der Waals surface area contributed by atoms with E-state index in [1.54, 1.807) is 0 Å². The highest BCUT2D eigenvalue weighted by Crippen LogP contribution is 2.37. The van der Waals surface area contributed by atoms with Crippen molar-refractivity contribution in [3.63, 3.8) is 0 Å². The molecule has 3 aliphatic rings. The minimum Gasteiger partial charge on any atom is -0.373 e. The lowest BCUT2D eigenvalue weighted by molar-refractivity contribution is -0.0524. The number of alkyl halides is 2. The molecule has 3 rings (SSSR count). The van der Waals surface area contributed by atoms with Gasteiger partial charge in [0.05, 0.1) is 12.2 Å². The minimum absolute atomic E-state index is 0.0711. The molecule has 3 fully saturated rings. The van der Waals surface area contributed by atoms with Crippen molar-refractivity contribution < 1.29 is 13.5 Å². The smallest absolute Gasteiger partial charge is 0.248 e. The Morgan fingerprint density at radius 3 is 2.76 bits per heavy atom. The first-order valence-corrected chi connectivity index (χ1v) is 6.89. The van der Waals surface area contributed by atoms with Gasteiger partial charge in [0.15, 0.2) is 0 Å². The monoisotopic (exact) mass is 245 g/mol. The maximum Gasteiger partial charge on any atom is 0.248 e. The van der Waals surface area contributed by atoms with Gasteiger partial charge in [-0.2, -0.15) is 0 Å². The summed E-state index contributed by atoms with van der Waals surface area (Å²) in [7, 11) is 0. The van der Waals surface area contributed by atoms with Crippen molar-refractivity contribution in [2.24, 2.45) is 5.92 Å². The third-order valence-electron chi connectivity index (χ3n) is 4.52. The Morgan fingerprint density at radius 2 is 2.12 bits per heavy atom. The van der Waals surface area contributed by atoms with Crippen LogP contribution in [0.2, 0.25) is 0 Å². The minimum atomic E-state index is -2.42. The number of rotatable bonds is 3. The summed E-state index contributed by atoms with van der Waals surface area (Å²) in [6, 6.07) is 0.421. The van der Waals surface area contributed by atoms with E-state index in [4.69, 9.17) is 4.74 Å². The lowest BCUT2D eigenvalue weighted by Gasteiger charge is -2.30. The highest BCUT2D eigenvalue weighted by atomic mass is 19.3. The van der Waals surface area contributed by atoms with Crippen molar-refractivity contribution in [1.29, 1.82) is 0 Å². The molecular weight excluding hydrogens is 224 g/mol. The first kappa shape index (κ1) is 11.8. The highest BCUT2D eigenvalue weighted by Gasteiger charge is 2.41. The summed E-state index contributed by atoms with van der Waals surface area (Å²) in [5.41, 5.74) is 0. The van der Waals surface area contributed by atoms with Crippen LogP contribution < -0.4 is 5.32 Å². The van der Waals surface area contributed by atoms with E-state index in [1.807, 2.05) is 0 Å². The van der Waals surface area contributed by atoms with Gasteiger partial charge >= 0.3 is 0 Å². The number of nitrogens with one attached hydrogen (secondary N) is 1. The lowest BCUT2D eigenvalue weighted by atomic mass is 9.86. The van der Waals surface area contributed by atoms with E-state index < -0.39 is 5.92 Å². The first-order chi connectivity index (χ1) is 8.12. The molecule has 1 N–H and O–H groups in total. The van der Waals surface area contributed by atoms with Gasteiger partial charge in [0.1, 0.15) is 0 Å². The number of hydrogen-bond acceptors (Lipinski definition) is 2. The fraction of sp³-hybridized carbons (Fsp3) is 1.00. The second-order valence-electron chi connectivity index (χ2n) is 5.94. The molecule has 2 bridgehead atoms. The maximum atomic E-state index is 13.3. The molecule has 0 amide bonds. The van der Waals surface area contributed by atoms with Gasteiger partial charge in [0, 0.05) is 18.9 Å². The standard InChI is InChI=1S/C13H21F2NO/c14-13(15)5-1-2-9(7-13)8-16-11-6-10-3-4-12(11)17-10/h9-12,16H,1-8H2. The molecule has 2 heterocycles. The Hall–Kier alpha value is -0.220. The van der Waals surface area contributed by atoms with Crippen LogP contribution in [0.15, 0.2) is 0 Å². The lowest BCUT2D eigenvalue weighted by Crippen LogP contribution is -2.42. The summed E-state index contributed by atoms with van der Waals surface area (Å²) in [4.78, 5) is 0. The van der Waals surface area contributed by atoms with Crippen LogP contribution in [0.3, 0.4) is 0 Å². The molecule has 17 heavy (non-hydrogen) atoms. The SMILES string of the molecule is FC1(F)CCCC(CNC2CC3CCC2O3)C1. The Kier molecular flexibility index (Phi) is 3.11. The van der Waals surface area contributed by atoms with Crippen LogP contribution in [0.1, 0.15) is 44.9 Å². The van der Waals surface area contributed by atoms with Crippen LogP contribution >= 0.6 is 0 Å². The van der Waals surface area contributed by atoms with Crippen molar-refractivity contribution in [2.75, 3.05) is 6.54 Å². The molecule has 2 saturated heterocycles.